The van der Waals surface area contributed by atoms with E-state index < -0.39 is 10.0 Å². The van der Waals surface area contributed by atoms with E-state index in [0.29, 0.717) is 29.6 Å². The monoisotopic (exact) mass is 536 g/mol. The van der Waals surface area contributed by atoms with Gasteiger partial charge in [-0.2, -0.15) is 8.42 Å². The van der Waals surface area contributed by atoms with Gasteiger partial charge in [0.25, 0.3) is 15.9 Å². The molecular weight excluding hydrogens is 504 g/mol. The second-order valence-electron chi connectivity index (χ2n) is 7.97. The molecule has 1 aliphatic rings. The molecule has 0 radical (unpaired) electrons. The molecule has 35 heavy (non-hydrogen) atoms. The molecule has 1 aromatic heterocycles. The number of sulfonamides is 1. The lowest BCUT2D eigenvalue weighted by molar-refractivity contribution is -0.122. The van der Waals surface area contributed by atoms with Gasteiger partial charge in [0.05, 0.1) is 18.6 Å². The summed E-state index contributed by atoms with van der Waals surface area (Å²) in [5.74, 6) is 0.968. The number of unbranched alkanes of at least 4 members (excludes halogenated alkanes) is 5. The molecule has 0 bridgehead atoms. The first-order valence-electron chi connectivity index (χ1n) is 11.8. The summed E-state index contributed by atoms with van der Waals surface area (Å²) in [5, 5.41) is 1.83. The molecule has 1 amide bonds. The van der Waals surface area contributed by atoms with Gasteiger partial charge in [0.15, 0.2) is 16.7 Å². The van der Waals surface area contributed by atoms with Gasteiger partial charge in [-0.1, -0.05) is 51.2 Å². The minimum absolute atomic E-state index is 0.146. The summed E-state index contributed by atoms with van der Waals surface area (Å²) < 4.78 is 40.7. The van der Waals surface area contributed by atoms with Gasteiger partial charge >= 0.3 is 0 Å². The highest BCUT2D eigenvalue weighted by Gasteiger charge is 2.34. The van der Waals surface area contributed by atoms with Crippen molar-refractivity contribution in [1.29, 1.82) is 0 Å². The summed E-state index contributed by atoms with van der Waals surface area (Å²) in [5.41, 5.74) is 0.753. The number of hydrogen-bond acceptors (Lipinski definition) is 7. The van der Waals surface area contributed by atoms with Crippen LogP contribution in [0.4, 0.5) is 0 Å². The van der Waals surface area contributed by atoms with Gasteiger partial charge in [-0.05, 0) is 60.3 Å². The van der Waals surface area contributed by atoms with Crippen molar-refractivity contribution in [1.82, 2.24) is 4.90 Å². The molecule has 190 valence electrons. The average Bonchev–Trinajstić information content (AvgIpc) is 3.48. The quantitative estimate of drug-likeness (QED) is 0.225. The van der Waals surface area contributed by atoms with Gasteiger partial charge in [0.1, 0.15) is 4.21 Å². The molecule has 0 saturated carbocycles. The number of ether oxygens (including phenoxy) is 2. The largest absolute Gasteiger partial charge is 0.493 e. The smallest absolute Gasteiger partial charge is 0.294 e. The molecule has 1 saturated heterocycles. The van der Waals surface area contributed by atoms with Gasteiger partial charge in [-0.3, -0.25) is 9.69 Å². The number of amidine groups is 1. The molecule has 1 fully saturated rings. The van der Waals surface area contributed by atoms with Crippen LogP contribution in [0.5, 0.6) is 11.5 Å². The minimum Gasteiger partial charge on any atom is -0.493 e. The molecule has 0 aliphatic carbocycles. The number of nitrogens with zero attached hydrogens (tertiary/aromatic N) is 2. The van der Waals surface area contributed by atoms with Crippen LogP contribution in [0.1, 0.15) is 57.9 Å². The number of thiophene rings is 1. The lowest BCUT2D eigenvalue weighted by Gasteiger charge is -2.12. The predicted molar refractivity (Wildman–Crippen MR) is 144 cm³/mol. The van der Waals surface area contributed by atoms with Gasteiger partial charge in [-0.25, -0.2) is 0 Å². The average molecular weight is 537 g/mol. The minimum atomic E-state index is -3.87. The van der Waals surface area contributed by atoms with Crippen LogP contribution in [0.3, 0.4) is 0 Å². The number of amides is 1. The fraction of sp³-hybridized carbons (Fsp3) is 0.440. The summed E-state index contributed by atoms with van der Waals surface area (Å²) in [6, 6.07) is 8.65. The number of carbonyl (C=O) groups excluding carboxylic acids is 1. The van der Waals surface area contributed by atoms with Crippen LogP contribution in [0, 0.1) is 0 Å². The van der Waals surface area contributed by atoms with Gasteiger partial charge in [0.2, 0.25) is 0 Å². The van der Waals surface area contributed by atoms with E-state index in [2.05, 4.69) is 11.3 Å². The molecule has 7 nitrogen and oxygen atoms in total. The number of methoxy groups -OCH3 is 1. The van der Waals surface area contributed by atoms with Crippen LogP contribution in [0.25, 0.3) is 6.08 Å². The molecule has 0 atom stereocenters. The second-order valence-corrected chi connectivity index (χ2v) is 11.8. The molecule has 1 aliphatic heterocycles. The normalized spacial score (nSPS) is 16.4. The van der Waals surface area contributed by atoms with E-state index in [4.69, 9.17) is 9.47 Å². The summed E-state index contributed by atoms with van der Waals surface area (Å²) >= 11 is 2.15. The molecule has 0 spiro atoms. The Balaban J connectivity index is 1.71. The van der Waals surface area contributed by atoms with Crippen LogP contribution in [-0.2, 0) is 14.8 Å². The Bertz CT molecular complexity index is 1160. The third kappa shape index (κ3) is 7.35. The lowest BCUT2D eigenvalue weighted by atomic mass is 10.1. The number of carbonyl (C=O) groups is 1. The van der Waals surface area contributed by atoms with Crippen molar-refractivity contribution in [3.63, 3.8) is 0 Å². The van der Waals surface area contributed by atoms with Crippen molar-refractivity contribution in [3.05, 3.63) is 46.2 Å². The number of likely N-dealkylation sites (N-methyl/N-ethyl adjacent to an activating group) is 1. The van der Waals surface area contributed by atoms with Crippen molar-refractivity contribution in [3.8, 4) is 11.5 Å². The van der Waals surface area contributed by atoms with Crippen molar-refractivity contribution < 1.29 is 22.7 Å². The van der Waals surface area contributed by atoms with E-state index in [0.717, 1.165) is 41.5 Å². The topological polar surface area (TPSA) is 85.3 Å². The van der Waals surface area contributed by atoms with Gasteiger partial charge in [0, 0.05) is 6.54 Å². The van der Waals surface area contributed by atoms with E-state index in [1.165, 1.54) is 36.6 Å². The molecular formula is C25H32N2O5S3. The summed E-state index contributed by atoms with van der Waals surface area (Å²) in [4.78, 5) is 14.7. The van der Waals surface area contributed by atoms with Crippen LogP contribution in [0.15, 0.2) is 49.2 Å². The van der Waals surface area contributed by atoms with E-state index >= 15 is 0 Å². The SMILES string of the molecule is CCCCCCCCOc1ccc(/C=C2\SC(=NS(=O)(=O)c3cccs3)N(CC)C2=O)cc1OC. The summed E-state index contributed by atoms with van der Waals surface area (Å²) in [6.45, 7) is 4.94. The Morgan fingerprint density at radius 2 is 1.83 bits per heavy atom. The third-order valence-electron chi connectivity index (χ3n) is 5.39. The Morgan fingerprint density at radius 1 is 1.06 bits per heavy atom. The van der Waals surface area contributed by atoms with Crippen LogP contribution >= 0.6 is 23.1 Å². The molecule has 1 aromatic carbocycles. The molecule has 0 N–H and O–H groups in total. The number of rotatable bonds is 13. The molecule has 0 unspecified atom stereocenters. The van der Waals surface area contributed by atoms with E-state index in [-0.39, 0.29) is 15.3 Å². The first kappa shape index (κ1) is 27.3. The summed E-state index contributed by atoms with van der Waals surface area (Å²) in [7, 11) is -2.29. The van der Waals surface area contributed by atoms with Crippen molar-refractivity contribution in [2.24, 2.45) is 4.40 Å². The Hall–Kier alpha value is -2.30. The number of thioether (sulfide) groups is 1. The Labute approximate surface area is 216 Å². The lowest BCUT2D eigenvalue weighted by Crippen LogP contribution is -2.29. The van der Waals surface area contributed by atoms with Crippen LogP contribution in [-0.4, -0.2) is 44.7 Å². The number of benzene rings is 1. The first-order valence-corrected chi connectivity index (χ1v) is 14.9. The second kappa shape index (κ2) is 13.1. The van der Waals surface area contributed by atoms with Gasteiger partial charge in [-0.15, -0.1) is 15.7 Å². The first-order chi connectivity index (χ1) is 16.9. The Morgan fingerprint density at radius 3 is 2.51 bits per heavy atom. The maximum Gasteiger partial charge on any atom is 0.294 e. The fourth-order valence-electron chi connectivity index (χ4n) is 3.52. The summed E-state index contributed by atoms with van der Waals surface area (Å²) in [6.07, 6.45) is 8.86. The van der Waals surface area contributed by atoms with Gasteiger partial charge < -0.3 is 9.47 Å². The van der Waals surface area contributed by atoms with E-state index in [1.807, 2.05) is 18.2 Å². The zero-order valence-corrected chi connectivity index (χ0v) is 22.8. The van der Waals surface area contributed by atoms with Crippen LogP contribution < -0.4 is 9.47 Å². The van der Waals surface area contributed by atoms with Crippen molar-refractivity contribution >= 4 is 50.3 Å². The molecule has 2 heterocycles. The maximum absolute atomic E-state index is 12.9. The molecule has 3 rings (SSSR count). The van der Waals surface area contributed by atoms with Crippen LogP contribution in [0.2, 0.25) is 0 Å². The highest BCUT2D eigenvalue weighted by atomic mass is 32.2. The predicted octanol–water partition coefficient (Wildman–Crippen LogP) is 6.18. The van der Waals surface area contributed by atoms with E-state index in [9.17, 15) is 13.2 Å². The third-order valence-corrected chi connectivity index (χ3v) is 9.15. The highest BCUT2D eigenvalue weighted by Crippen LogP contribution is 2.35. The zero-order valence-electron chi connectivity index (χ0n) is 20.4. The maximum atomic E-state index is 12.9. The van der Waals surface area contributed by atoms with E-state index in [1.54, 1.807) is 31.6 Å². The van der Waals surface area contributed by atoms with Crippen molar-refractivity contribution in [2.75, 3.05) is 20.3 Å². The molecule has 10 heteroatoms. The Kier molecular flexibility index (Phi) is 10.2. The van der Waals surface area contributed by atoms with Crippen molar-refractivity contribution in [2.45, 2.75) is 56.6 Å². The zero-order chi connectivity index (χ0) is 25.3. The standard InChI is InChI=1S/C25H32N2O5S3/c1-4-6-7-8-9-10-15-32-20-14-13-19(17-21(20)31-3)18-22-24(28)27(5-2)25(34-22)26-35(29,30)23-12-11-16-33-23/h11-14,16-18H,4-10,15H2,1-3H3/b22-18-,26-25?. The number of hydrogen-bond donors (Lipinski definition) is 0. The fourth-order valence-corrected chi connectivity index (χ4v) is 6.73. The highest BCUT2D eigenvalue weighted by molar-refractivity contribution is 8.19. The molecule has 2 aromatic rings.